The molecule has 0 aliphatic carbocycles. The molecule has 0 aliphatic heterocycles. The molecule has 2 rings (SSSR count). The molecule has 0 amide bonds. The lowest BCUT2D eigenvalue weighted by atomic mass is 10.3. The van der Waals surface area contributed by atoms with Crippen molar-refractivity contribution in [2.75, 3.05) is 6.54 Å². The quantitative estimate of drug-likeness (QED) is 0.657. The lowest BCUT2D eigenvalue weighted by Gasteiger charge is -2.06. The Balaban J connectivity index is 1.69. The van der Waals surface area contributed by atoms with Crippen LogP contribution in [0.15, 0.2) is 28.9 Å². The van der Waals surface area contributed by atoms with E-state index in [4.69, 9.17) is 0 Å². The Kier molecular flexibility index (Phi) is 5.10. The summed E-state index contributed by atoms with van der Waals surface area (Å²) in [6, 6.07) is 8.08. The maximum absolute atomic E-state index is 4.45. The fraction of sp³-hybridized carbons (Fsp3) is 0.429. The van der Waals surface area contributed by atoms with E-state index in [1.54, 1.807) is 0 Å². The SMILES string of the molecule is Cc1cc(C)n(CCCNCc2cccc(Br)n2)n1. The largest absolute Gasteiger partial charge is 0.311 e. The first-order valence-corrected chi connectivity index (χ1v) is 7.27. The number of nitrogens with zero attached hydrogens (tertiary/aromatic N) is 3. The number of hydrogen-bond donors (Lipinski definition) is 1. The molecule has 102 valence electrons. The zero-order valence-electron chi connectivity index (χ0n) is 11.4. The molecule has 0 aromatic carbocycles. The average molecular weight is 323 g/mol. The number of aryl methyl sites for hydroxylation is 3. The van der Waals surface area contributed by atoms with Crippen LogP contribution in [0, 0.1) is 13.8 Å². The monoisotopic (exact) mass is 322 g/mol. The zero-order valence-corrected chi connectivity index (χ0v) is 12.9. The Morgan fingerprint density at radius 2 is 2.16 bits per heavy atom. The molecule has 0 saturated heterocycles. The number of rotatable bonds is 6. The highest BCUT2D eigenvalue weighted by molar-refractivity contribution is 9.10. The molecule has 4 nitrogen and oxygen atoms in total. The topological polar surface area (TPSA) is 42.7 Å². The first-order chi connectivity index (χ1) is 9.15. The molecule has 0 unspecified atom stereocenters. The normalized spacial score (nSPS) is 10.9. The highest BCUT2D eigenvalue weighted by atomic mass is 79.9. The molecule has 1 N–H and O–H groups in total. The van der Waals surface area contributed by atoms with E-state index >= 15 is 0 Å². The summed E-state index contributed by atoms with van der Waals surface area (Å²) in [5.74, 6) is 0. The van der Waals surface area contributed by atoms with E-state index < -0.39 is 0 Å². The van der Waals surface area contributed by atoms with Crippen molar-refractivity contribution in [1.82, 2.24) is 20.1 Å². The molecule has 0 aliphatic rings. The van der Waals surface area contributed by atoms with Gasteiger partial charge in [-0.25, -0.2) is 4.98 Å². The van der Waals surface area contributed by atoms with Crippen LogP contribution in [-0.2, 0) is 13.1 Å². The fourth-order valence-electron chi connectivity index (χ4n) is 2.02. The third-order valence-corrected chi connectivity index (χ3v) is 3.35. The molecule has 0 spiro atoms. The second-order valence-electron chi connectivity index (χ2n) is 4.63. The van der Waals surface area contributed by atoms with Crippen molar-refractivity contribution >= 4 is 15.9 Å². The zero-order chi connectivity index (χ0) is 13.7. The first kappa shape index (κ1) is 14.2. The summed E-state index contributed by atoms with van der Waals surface area (Å²) in [5.41, 5.74) is 3.37. The van der Waals surface area contributed by atoms with E-state index in [0.717, 1.165) is 42.0 Å². The Hall–Kier alpha value is -1.20. The van der Waals surface area contributed by atoms with Gasteiger partial charge in [0.25, 0.3) is 0 Å². The van der Waals surface area contributed by atoms with E-state index in [9.17, 15) is 0 Å². The van der Waals surface area contributed by atoms with Gasteiger partial charge in [-0.3, -0.25) is 4.68 Å². The van der Waals surface area contributed by atoms with E-state index in [1.165, 1.54) is 5.69 Å². The van der Waals surface area contributed by atoms with Gasteiger partial charge in [-0.15, -0.1) is 0 Å². The summed E-state index contributed by atoms with van der Waals surface area (Å²) in [6.45, 7) is 6.85. The predicted molar refractivity (Wildman–Crippen MR) is 80.0 cm³/mol. The van der Waals surface area contributed by atoms with Crippen molar-refractivity contribution < 1.29 is 0 Å². The first-order valence-electron chi connectivity index (χ1n) is 6.48. The van der Waals surface area contributed by atoms with Gasteiger partial charge in [-0.1, -0.05) is 6.07 Å². The molecular weight excluding hydrogens is 304 g/mol. The van der Waals surface area contributed by atoms with Crippen LogP contribution < -0.4 is 5.32 Å². The van der Waals surface area contributed by atoms with Gasteiger partial charge in [0, 0.05) is 18.8 Å². The van der Waals surface area contributed by atoms with Gasteiger partial charge in [0.2, 0.25) is 0 Å². The minimum Gasteiger partial charge on any atom is -0.311 e. The highest BCUT2D eigenvalue weighted by Gasteiger charge is 2.00. The Labute approximate surface area is 122 Å². The highest BCUT2D eigenvalue weighted by Crippen LogP contribution is 2.06. The van der Waals surface area contributed by atoms with E-state index in [2.05, 4.69) is 49.0 Å². The van der Waals surface area contributed by atoms with Crippen LogP contribution in [0.3, 0.4) is 0 Å². The van der Waals surface area contributed by atoms with Crippen LogP contribution in [-0.4, -0.2) is 21.3 Å². The van der Waals surface area contributed by atoms with Crippen molar-refractivity contribution in [1.29, 1.82) is 0 Å². The third kappa shape index (κ3) is 4.44. The second kappa shape index (κ2) is 6.82. The van der Waals surface area contributed by atoms with Crippen molar-refractivity contribution in [3.05, 3.63) is 46.0 Å². The predicted octanol–water partition coefficient (Wildman–Crippen LogP) is 2.84. The fourth-order valence-corrected chi connectivity index (χ4v) is 2.40. The van der Waals surface area contributed by atoms with Crippen molar-refractivity contribution in [2.24, 2.45) is 0 Å². The summed E-state index contributed by atoms with van der Waals surface area (Å²) in [4.78, 5) is 4.38. The van der Waals surface area contributed by atoms with Crippen LogP contribution in [0.5, 0.6) is 0 Å². The number of nitrogens with one attached hydrogen (secondary N) is 1. The third-order valence-electron chi connectivity index (χ3n) is 2.91. The molecule has 0 bridgehead atoms. The Morgan fingerprint density at radius 1 is 1.32 bits per heavy atom. The van der Waals surface area contributed by atoms with Crippen molar-refractivity contribution in [2.45, 2.75) is 33.4 Å². The molecule has 19 heavy (non-hydrogen) atoms. The molecule has 2 aromatic rings. The lowest BCUT2D eigenvalue weighted by Crippen LogP contribution is -2.17. The smallest absolute Gasteiger partial charge is 0.106 e. The molecule has 0 fully saturated rings. The van der Waals surface area contributed by atoms with Gasteiger partial charge < -0.3 is 5.32 Å². The molecular formula is C14H19BrN4. The standard InChI is InChI=1S/C14H19BrN4/c1-11-9-12(2)19(18-11)8-4-7-16-10-13-5-3-6-14(15)17-13/h3,5-6,9,16H,4,7-8,10H2,1-2H3. The van der Waals surface area contributed by atoms with Gasteiger partial charge in [-0.05, 0) is 60.9 Å². The minimum atomic E-state index is 0.802. The van der Waals surface area contributed by atoms with E-state index in [1.807, 2.05) is 25.1 Å². The van der Waals surface area contributed by atoms with Crippen LogP contribution in [0.2, 0.25) is 0 Å². The number of hydrogen-bond acceptors (Lipinski definition) is 3. The number of aromatic nitrogens is 3. The van der Waals surface area contributed by atoms with E-state index in [0.29, 0.717) is 0 Å². The second-order valence-corrected chi connectivity index (χ2v) is 5.44. The molecule has 2 heterocycles. The van der Waals surface area contributed by atoms with Crippen LogP contribution in [0.1, 0.15) is 23.5 Å². The Bertz CT molecular complexity index is 536. The van der Waals surface area contributed by atoms with Gasteiger partial charge in [0.15, 0.2) is 0 Å². The summed E-state index contributed by atoms with van der Waals surface area (Å²) < 4.78 is 2.95. The van der Waals surface area contributed by atoms with Crippen LogP contribution in [0.4, 0.5) is 0 Å². The average Bonchev–Trinajstić information content (AvgIpc) is 2.68. The summed E-state index contributed by atoms with van der Waals surface area (Å²) >= 11 is 3.38. The summed E-state index contributed by atoms with van der Waals surface area (Å²) in [7, 11) is 0. The van der Waals surface area contributed by atoms with Gasteiger partial charge in [0.05, 0.1) is 11.4 Å². The maximum Gasteiger partial charge on any atom is 0.106 e. The van der Waals surface area contributed by atoms with Gasteiger partial charge in [0.1, 0.15) is 4.60 Å². The minimum absolute atomic E-state index is 0.802. The molecule has 0 radical (unpaired) electrons. The maximum atomic E-state index is 4.45. The lowest BCUT2D eigenvalue weighted by molar-refractivity contribution is 0.530. The van der Waals surface area contributed by atoms with E-state index in [-0.39, 0.29) is 0 Å². The van der Waals surface area contributed by atoms with Crippen molar-refractivity contribution in [3.8, 4) is 0 Å². The molecule has 2 aromatic heterocycles. The van der Waals surface area contributed by atoms with Gasteiger partial charge in [-0.2, -0.15) is 5.10 Å². The summed E-state index contributed by atoms with van der Waals surface area (Å²) in [6.07, 6.45) is 1.07. The molecule has 0 atom stereocenters. The molecule has 0 saturated carbocycles. The Morgan fingerprint density at radius 3 is 2.84 bits per heavy atom. The van der Waals surface area contributed by atoms with Gasteiger partial charge >= 0.3 is 0 Å². The van der Waals surface area contributed by atoms with Crippen LogP contribution >= 0.6 is 15.9 Å². The number of pyridine rings is 1. The summed E-state index contributed by atoms with van der Waals surface area (Å²) in [5, 5.41) is 7.85. The van der Waals surface area contributed by atoms with Crippen molar-refractivity contribution in [3.63, 3.8) is 0 Å². The number of halogens is 1. The molecule has 5 heteroatoms. The van der Waals surface area contributed by atoms with Crippen LogP contribution in [0.25, 0.3) is 0 Å².